The van der Waals surface area contributed by atoms with E-state index < -0.39 is 0 Å². The minimum absolute atomic E-state index is 0.00677. The Morgan fingerprint density at radius 2 is 1.67 bits per heavy atom. The molecule has 1 saturated carbocycles. The van der Waals surface area contributed by atoms with Crippen LogP contribution in [0.25, 0.3) is 0 Å². The highest BCUT2D eigenvalue weighted by molar-refractivity contribution is 6.42. The van der Waals surface area contributed by atoms with Crippen molar-refractivity contribution < 1.29 is 4.79 Å². The maximum absolute atomic E-state index is 12.7. The minimum atomic E-state index is 0.00677. The fourth-order valence-electron chi connectivity index (χ4n) is 3.13. The summed E-state index contributed by atoms with van der Waals surface area (Å²) in [6, 6.07) is 5.72. The van der Waals surface area contributed by atoms with Gasteiger partial charge in [0.05, 0.1) is 10.0 Å². The zero-order chi connectivity index (χ0) is 15.6. The molecular formula is C16H22Cl2N2O. The molecule has 3 nitrogen and oxygen atoms in total. The first-order valence-electron chi connectivity index (χ1n) is 7.30. The zero-order valence-corrected chi connectivity index (χ0v) is 14.3. The number of benzene rings is 1. The van der Waals surface area contributed by atoms with Gasteiger partial charge in [-0.05, 0) is 45.1 Å². The summed E-state index contributed by atoms with van der Waals surface area (Å²) in [5.41, 5.74) is 0.593. The summed E-state index contributed by atoms with van der Waals surface area (Å²) >= 11 is 11.9. The van der Waals surface area contributed by atoms with Crippen LogP contribution >= 0.6 is 23.2 Å². The van der Waals surface area contributed by atoms with E-state index in [0.717, 1.165) is 12.8 Å². The summed E-state index contributed by atoms with van der Waals surface area (Å²) < 4.78 is 0. The molecule has 1 aromatic rings. The molecule has 21 heavy (non-hydrogen) atoms. The maximum Gasteiger partial charge on any atom is 0.253 e. The summed E-state index contributed by atoms with van der Waals surface area (Å²) in [7, 11) is 6.05. The number of carbonyl (C=O) groups is 1. The summed E-state index contributed by atoms with van der Waals surface area (Å²) in [4.78, 5) is 16.8. The van der Waals surface area contributed by atoms with Crippen molar-refractivity contribution in [2.75, 3.05) is 21.1 Å². The van der Waals surface area contributed by atoms with Gasteiger partial charge < -0.3 is 9.80 Å². The molecule has 5 heteroatoms. The molecule has 0 aromatic heterocycles. The van der Waals surface area contributed by atoms with E-state index in [1.807, 2.05) is 11.9 Å². The average Bonchev–Trinajstić information content (AvgIpc) is 2.48. The summed E-state index contributed by atoms with van der Waals surface area (Å²) in [6.07, 6.45) is 4.59. The first kappa shape index (κ1) is 16.6. The van der Waals surface area contributed by atoms with E-state index in [9.17, 15) is 4.79 Å². The molecule has 0 radical (unpaired) electrons. The van der Waals surface area contributed by atoms with Crippen LogP contribution in [-0.2, 0) is 0 Å². The standard InChI is InChI=1S/C16H22Cl2N2O/c1-19(2)14-6-4-5-7-15(14)20(3)16(21)11-8-9-12(17)13(18)10-11/h8-10,14-15H,4-7H2,1-3H3/t14-,15-/m0/s1. The van der Waals surface area contributed by atoms with Crippen LogP contribution in [-0.4, -0.2) is 48.9 Å². The van der Waals surface area contributed by atoms with Crippen molar-refractivity contribution in [2.45, 2.75) is 37.8 Å². The lowest BCUT2D eigenvalue weighted by Gasteiger charge is -2.41. The fraction of sp³-hybridized carbons (Fsp3) is 0.562. The molecule has 0 N–H and O–H groups in total. The molecule has 0 unspecified atom stereocenters. The predicted molar refractivity (Wildman–Crippen MR) is 88.3 cm³/mol. The molecule has 2 atom stereocenters. The van der Waals surface area contributed by atoms with Crippen LogP contribution in [0, 0.1) is 0 Å². The van der Waals surface area contributed by atoms with Crippen LogP contribution in [0.1, 0.15) is 36.0 Å². The van der Waals surface area contributed by atoms with Gasteiger partial charge in [-0.15, -0.1) is 0 Å². The zero-order valence-electron chi connectivity index (χ0n) is 12.8. The second-order valence-corrected chi connectivity index (χ2v) is 6.74. The highest BCUT2D eigenvalue weighted by Gasteiger charge is 2.32. The number of hydrogen-bond acceptors (Lipinski definition) is 2. The van der Waals surface area contributed by atoms with Gasteiger partial charge in [-0.3, -0.25) is 4.79 Å². The second-order valence-electron chi connectivity index (χ2n) is 5.93. The van der Waals surface area contributed by atoms with E-state index in [0.29, 0.717) is 21.7 Å². The molecule has 116 valence electrons. The third-order valence-corrected chi connectivity index (χ3v) is 5.08. The number of amides is 1. The van der Waals surface area contributed by atoms with Gasteiger partial charge in [0.25, 0.3) is 5.91 Å². The fourth-order valence-corrected chi connectivity index (χ4v) is 3.43. The Morgan fingerprint density at radius 1 is 1.05 bits per heavy atom. The molecule has 1 aliphatic rings. The lowest BCUT2D eigenvalue weighted by molar-refractivity contribution is 0.0544. The monoisotopic (exact) mass is 328 g/mol. The minimum Gasteiger partial charge on any atom is -0.337 e. The highest BCUT2D eigenvalue weighted by atomic mass is 35.5. The molecule has 1 aromatic carbocycles. The lowest BCUT2D eigenvalue weighted by Crippen LogP contribution is -2.51. The Bertz CT molecular complexity index is 519. The Balaban J connectivity index is 2.18. The predicted octanol–water partition coefficient (Wildman–Crippen LogP) is 3.94. The normalized spacial score (nSPS) is 22.4. The molecule has 0 heterocycles. The molecule has 0 aliphatic heterocycles. The number of halogens is 2. The van der Waals surface area contributed by atoms with Crippen molar-refractivity contribution in [3.63, 3.8) is 0 Å². The van der Waals surface area contributed by atoms with E-state index in [-0.39, 0.29) is 11.9 Å². The molecular weight excluding hydrogens is 307 g/mol. The average molecular weight is 329 g/mol. The van der Waals surface area contributed by atoms with E-state index in [1.165, 1.54) is 12.8 Å². The second kappa shape index (κ2) is 6.99. The summed E-state index contributed by atoms with van der Waals surface area (Å²) in [6.45, 7) is 0. The summed E-state index contributed by atoms with van der Waals surface area (Å²) in [5.74, 6) is 0.00677. The van der Waals surface area contributed by atoms with Crippen molar-refractivity contribution in [1.29, 1.82) is 0 Å². The smallest absolute Gasteiger partial charge is 0.253 e. The van der Waals surface area contributed by atoms with Gasteiger partial charge in [0.15, 0.2) is 0 Å². The molecule has 0 saturated heterocycles. The van der Waals surface area contributed by atoms with Gasteiger partial charge in [-0.2, -0.15) is 0 Å². The van der Waals surface area contributed by atoms with Gasteiger partial charge in [0.2, 0.25) is 0 Å². The number of carbonyl (C=O) groups excluding carboxylic acids is 1. The van der Waals surface area contributed by atoms with Crippen LogP contribution in [0.5, 0.6) is 0 Å². The van der Waals surface area contributed by atoms with Crippen molar-refractivity contribution in [2.24, 2.45) is 0 Å². The van der Waals surface area contributed by atoms with Crippen LogP contribution < -0.4 is 0 Å². The van der Waals surface area contributed by atoms with Crippen LogP contribution in [0.3, 0.4) is 0 Å². The first-order chi connectivity index (χ1) is 9.91. The molecule has 0 spiro atoms. The van der Waals surface area contributed by atoms with Crippen molar-refractivity contribution in [3.8, 4) is 0 Å². The van der Waals surface area contributed by atoms with Crippen molar-refractivity contribution in [3.05, 3.63) is 33.8 Å². The van der Waals surface area contributed by atoms with E-state index in [4.69, 9.17) is 23.2 Å². The SMILES string of the molecule is CN(C)[C@H]1CCCC[C@@H]1N(C)C(=O)c1ccc(Cl)c(Cl)c1. The number of rotatable bonds is 3. The molecule has 1 aliphatic carbocycles. The van der Waals surface area contributed by atoms with Crippen LogP contribution in [0.4, 0.5) is 0 Å². The van der Waals surface area contributed by atoms with Gasteiger partial charge in [-0.1, -0.05) is 36.0 Å². The third-order valence-electron chi connectivity index (χ3n) is 4.34. The van der Waals surface area contributed by atoms with Gasteiger partial charge in [-0.25, -0.2) is 0 Å². The van der Waals surface area contributed by atoms with Gasteiger partial charge in [0, 0.05) is 24.7 Å². The highest BCUT2D eigenvalue weighted by Crippen LogP contribution is 2.28. The number of hydrogen-bond donors (Lipinski definition) is 0. The molecule has 2 rings (SSSR count). The Morgan fingerprint density at radius 3 is 2.24 bits per heavy atom. The first-order valence-corrected chi connectivity index (χ1v) is 8.06. The largest absolute Gasteiger partial charge is 0.337 e. The summed E-state index contributed by atoms with van der Waals surface area (Å²) in [5, 5.41) is 0.892. The van der Waals surface area contributed by atoms with E-state index >= 15 is 0 Å². The van der Waals surface area contributed by atoms with Crippen molar-refractivity contribution >= 4 is 29.1 Å². The lowest BCUT2D eigenvalue weighted by atomic mass is 9.88. The third kappa shape index (κ3) is 3.71. The maximum atomic E-state index is 12.7. The Kier molecular flexibility index (Phi) is 5.53. The molecule has 1 amide bonds. The molecule has 0 bridgehead atoms. The van der Waals surface area contributed by atoms with Crippen LogP contribution in [0.15, 0.2) is 18.2 Å². The Labute approximate surface area is 136 Å². The van der Waals surface area contributed by atoms with E-state index in [1.54, 1.807) is 18.2 Å². The van der Waals surface area contributed by atoms with Gasteiger partial charge >= 0.3 is 0 Å². The number of nitrogens with zero attached hydrogens (tertiary/aromatic N) is 2. The molecule has 1 fully saturated rings. The Hall–Kier alpha value is -0.770. The quantitative estimate of drug-likeness (QED) is 0.839. The number of likely N-dealkylation sites (N-methyl/N-ethyl adjacent to an activating group) is 2. The van der Waals surface area contributed by atoms with Crippen molar-refractivity contribution in [1.82, 2.24) is 9.80 Å². The topological polar surface area (TPSA) is 23.6 Å². The van der Waals surface area contributed by atoms with E-state index in [2.05, 4.69) is 19.0 Å². The van der Waals surface area contributed by atoms with Gasteiger partial charge in [0.1, 0.15) is 0 Å². The van der Waals surface area contributed by atoms with Crippen LogP contribution in [0.2, 0.25) is 10.0 Å².